The third kappa shape index (κ3) is 3.77. The molecule has 10 nitrogen and oxygen atoms in total. The van der Waals surface area contributed by atoms with Gasteiger partial charge >= 0.3 is 0 Å². The van der Waals surface area contributed by atoms with Gasteiger partial charge in [0.05, 0.1) is 11.8 Å². The van der Waals surface area contributed by atoms with E-state index in [-0.39, 0.29) is 51.5 Å². The van der Waals surface area contributed by atoms with Crippen molar-refractivity contribution in [2.75, 3.05) is 6.54 Å². The van der Waals surface area contributed by atoms with E-state index in [1.54, 1.807) is 13.0 Å². The van der Waals surface area contributed by atoms with E-state index in [4.69, 9.17) is 14.3 Å². The fraction of sp³-hybridized carbons (Fsp3) is 0.263. The maximum Gasteiger partial charge on any atom is 0.274 e. The van der Waals surface area contributed by atoms with E-state index in [1.807, 2.05) is 13.8 Å². The van der Waals surface area contributed by atoms with E-state index in [1.165, 1.54) is 12.1 Å². The summed E-state index contributed by atoms with van der Waals surface area (Å²) in [5.74, 6) is -0.684. The predicted octanol–water partition coefficient (Wildman–Crippen LogP) is 3.09. The topological polar surface area (TPSA) is 154 Å². The van der Waals surface area contributed by atoms with E-state index >= 15 is 0 Å². The lowest BCUT2D eigenvalue weighted by Gasteiger charge is -2.11. The van der Waals surface area contributed by atoms with Crippen LogP contribution in [0.25, 0.3) is 22.6 Å². The first-order chi connectivity index (χ1) is 13.9. The number of nitrogens with one attached hydrogen (secondary N) is 1. The minimum Gasteiger partial charge on any atom is -0.508 e. The molecule has 0 spiro atoms. The zero-order valence-electron chi connectivity index (χ0n) is 16.0. The summed E-state index contributed by atoms with van der Waals surface area (Å²) in [6.07, 6.45) is 1.06. The first kappa shape index (κ1) is 19.9. The van der Waals surface area contributed by atoms with Gasteiger partial charge in [-0.15, -0.1) is 0 Å². The fourth-order valence-electron chi connectivity index (χ4n) is 2.87. The molecule has 29 heavy (non-hydrogen) atoms. The summed E-state index contributed by atoms with van der Waals surface area (Å²) < 4.78 is 10.7. The third-order valence-corrected chi connectivity index (χ3v) is 4.22. The number of aromatic hydroxyl groups is 2. The molecule has 0 atom stereocenters. The molecule has 3 rings (SSSR count). The smallest absolute Gasteiger partial charge is 0.274 e. The van der Waals surface area contributed by atoms with Crippen molar-refractivity contribution in [2.45, 2.75) is 26.7 Å². The number of aromatic nitrogens is 2. The molecular weight excluding hydrogens is 380 g/mol. The van der Waals surface area contributed by atoms with Crippen LogP contribution in [0.4, 0.5) is 0 Å². The zero-order valence-corrected chi connectivity index (χ0v) is 16.0. The minimum atomic E-state index is -0.506. The number of carbonyl (C=O) groups excluding carboxylic acids is 1. The van der Waals surface area contributed by atoms with Gasteiger partial charge in [0.25, 0.3) is 5.91 Å². The number of rotatable bonds is 6. The largest absolute Gasteiger partial charge is 0.508 e. The molecule has 0 aliphatic heterocycles. The Labute approximate surface area is 165 Å². The SMILES string of the molecule is CCNC(=O)c1noc(-c2cc(C(C)C)c(O)cc2O)c1-c1cc(/C=N/O)no1. The van der Waals surface area contributed by atoms with Crippen molar-refractivity contribution >= 4 is 12.1 Å². The second kappa shape index (κ2) is 8.05. The first-order valence-electron chi connectivity index (χ1n) is 8.85. The molecule has 10 heteroatoms. The van der Waals surface area contributed by atoms with E-state index in [0.717, 1.165) is 6.21 Å². The van der Waals surface area contributed by atoms with Crippen LogP contribution in [0.3, 0.4) is 0 Å². The first-order valence-corrected chi connectivity index (χ1v) is 8.85. The van der Waals surface area contributed by atoms with Crippen molar-refractivity contribution in [3.63, 3.8) is 0 Å². The molecule has 2 heterocycles. The summed E-state index contributed by atoms with van der Waals surface area (Å²) >= 11 is 0. The number of hydrogen-bond donors (Lipinski definition) is 4. The van der Waals surface area contributed by atoms with Gasteiger partial charge in [-0.2, -0.15) is 0 Å². The fourth-order valence-corrected chi connectivity index (χ4v) is 2.87. The molecule has 3 aromatic rings. The molecule has 152 valence electrons. The van der Waals surface area contributed by atoms with Crippen LogP contribution in [0.1, 0.15) is 48.4 Å². The Morgan fingerprint density at radius 3 is 2.62 bits per heavy atom. The Morgan fingerprint density at radius 2 is 1.97 bits per heavy atom. The number of hydrogen-bond acceptors (Lipinski definition) is 9. The molecular formula is C19H20N4O6. The molecule has 0 aliphatic rings. The summed E-state index contributed by atoms with van der Waals surface area (Å²) in [4.78, 5) is 12.5. The minimum absolute atomic E-state index is 0.0405. The lowest BCUT2D eigenvalue weighted by atomic mass is 9.95. The molecule has 0 radical (unpaired) electrons. The number of amides is 1. The van der Waals surface area contributed by atoms with Gasteiger partial charge in [-0.25, -0.2) is 0 Å². The van der Waals surface area contributed by atoms with Gasteiger partial charge in [-0.05, 0) is 24.5 Å². The van der Waals surface area contributed by atoms with Crippen molar-refractivity contribution in [1.29, 1.82) is 0 Å². The van der Waals surface area contributed by atoms with Crippen LogP contribution in [0.15, 0.2) is 32.4 Å². The number of phenolic OH excluding ortho intramolecular Hbond substituents is 2. The van der Waals surface area contributed by atoms with Crippen LogP contribution >= 0.6 is 0 Å². The highest BCUT2D eigenvalue weighted by Gasteiger charge is 2.29. The average Bonchev–Trinajstić information content (AvgIpc) is 3.28. The number of nitrogens with zero attached hydrogens (tertiary/aromatic N) is 3. The number of carbonyl (C=O) groups is 1. The summed E-state index contributed by atoms with van der Waals surface area (Å²) in [6, 6.07) is 4.19. The molecule has 0 bridgehead atoms. The van der Waals surface area contributed by atoms with Gasteiger partial charge in [0.2, 0.25) is 0 Å². The van der Waals surface area contributed by atoms with E-state index in [9.17, 15) is 15.0 Å². The lowest BCUT2D eigenvalue weighted by Crippen LogP contribution is -2.23. The normalized spacial score (nSPS) is 11.4. The van der Waals surface area contributed by atoms with Crippen LogP contribution in [0.2, 0.25) is 0 Å². The Morgan fingerprint density at radius 1 is 1.21 bits per heavy atom. The van der Waals surface area contributed by atoms with Gasteiger partial charge in [0.1, 0.15) is 22.8 Å². The van der Waals surface area contributed by atoms with Crippen molar-refractivity contribution < 1.29 is 29.3 Å². The molecule has 0 saturated carbocycles. The number of benzene rings is 1. The zero-order chi connectivity index (χ0) is 21.1. The van der Waals surface area contributed by atoms with Crippen LogP contribution < -0.4 is 5.32 Å². The van der Waals surface area contributed by atoms with E-state index in [0.29, 0.717) is 12.1 Å². The predicted molar refractivity (Wildman–Crippen MR) is 102 cm³/mol. The van der Waals surface area contributed by atoms with E-state index < -0.39 is 5.91 Å². The van der Waals surface area contributed by atoms with Gasteiger partial charge < -0.3 is 29.8 Å². The van der Waals surface area contributed by atoms with Gasteiger partial charge in [-0.1, -0.05) is 29.3 Å². The molecule has 0 unspecified atom stereocenters. The lowest BCUT2D eigenvalue weighted by molar-refractivity contribution is 0.0947. The maximum atomic E-state index is 12.5. The van der Waals surface area contributed by atoms with Gasteiger partial charge in [-0.3, -0.25) is 4.79 Å². The Balaban J connectivity index is 2.25. The van der Waals surface area contributed by atoms with Crippen molar-refractivity contribution in [3.8, 4) is 34.1 Å². The average molecular weight is 400 g/mol. The van der Waals surface area contributed by atoms with Crippen LogP contribution in [0.5, 0.6) is 11.5 Å². The van der Waals surface area contributed by atoms with Crippen molar-refractivity contribution in [1.82, 2.24) is 15.6 Å². The number of oxime groups is 1. The summed E-state index contributed by atoms with van der Waals surface area (Å²) in [5, 5.41) is 42.3. The van der Waals surface area contributed by atoms with Crippen molar-refractivity contribution in [3.05, 3.63) is 35.2 Å². The molecule has 1 aromatic carbocycles. The summed E-state index contributed by atoms with van der Waals surface area (Å²) in [5.41, 5.74) is 1.10. The van der Waals surface area contributed by atoms with Crippen molar-refractivity contribution in [2.24, 2.45) is 5.16 Å². The van der Waals surface area contributed by atoms with Gasteiger partial charge in [0.15, 0.2) is 17.2 Å². The standard InChI is InChI=1S/C19H20N4O6/c1-4-20-19(26)17-16(15-5-10(8-21-27)22-28-15)18(29-23-17)12-6-11(9(2)3)13(24)7-14(12)25/h5-9,24-25,27H,4H2,1-3H3,(H,20,26)/b21-8+. The molecule has 0 fully saturated rings. The molecule has 1 amide bonds. The Kier molecular flexibility index (Phi) is 5.53. The Hall–Kier alpha value is -3.82. The van der Waals surface area contributed by atoms with Crippen LogP contribution in [0, 0.1) is 0 Å². The highest BCUT2D eigenvalue weighted by Crippen LogP contribution is 2.43. The summed E-state index contributed by atoms with van der Waals surface area (Å²) in [6.45, 7) is 5.88. The molecule has 4 N–H and O–H groups in total. The van der Waals surface area contributed by atoms with Gasteiger partial charge in [0, 0.05) is 18.7 Å². The Bertz CT molecular complexity index is 1070. The third-order valence-electron chi connectivity index (χ3n) is 4.22. The van der Waals surface area contributed by atoms with Crippen LogP contribution in [-0.4, -0.2) is 44.4 Å². The quantitative estimate of drug-likeness (QED) is 0.279. The summed E-state index contributed by atoms with van der Waals surface area (Å²) in [7, 11) is 0. The number of phenols is 2. The second-order valence-electron chi connectivity index (χ2n) is 6.54. The van der Waals surface area contributed by atoms with Crippen LogP contribution in [-0.2, 0) is 0 Å². The molecule has 0 saturated heterocycles. The second-order valence-corrected chi connectivity index (χ2v) is 6.54. The van der Waals surface area contributed by atoms with E-state index in [2.05, 4.69) is 20.8 Å². The maximum absolute atomic E-state index is 12.5. The monoisotopic (exact) mass is 400 g/mol. The molecule has 2 aromatic heterocycles. The highest BCUT2D eigenvalue weighted by atomic mass is 16.5. The highest BCUT2D eigenvalue weighted by molar-refractivity contribution is 6.02. The molecule has 0 aliphatic carbocycles.